The Kier molecular flexibility index (Phi) is 4.20. The molecule has 6 nitrogen and oxygen atoms in total. The molecule has 0 aliphatic carbocycles. The van der Waals surface area contributed by atoms with Gasteiger partial charge in [-0.05, 0) is 50.6 Å². The number of phenols is 2. The lowest BCUT2D eigenvalue weighted by Crippen LogP contribution is -2.25. The first-order chi connectivity index (χ1) is 12.2. The van der Waals surface area contributed by atoms with E-state index in [0.717, 1.165) is 0 Å². The average molecular weight is 354 g/mol. The highest BCUT2D eigenvalue weighted by atomic mass is 16.6. The van der Waals surface area contributed by atoms with E-state index in [1.165, 1.54) is 42.5 Å². The summed E-state index contributed by atoms with van der Waals surface area (Å²) in [6.45, 7) is 5.11. The third-order valence-corrected chi connectivity index (χ3v) is 3.62. The van der Waals surface area contributed by atoms with Crippen molar-refractivity contribution in [3.05, 3.63) is 58.4 Å². The SMILES string of the molecule is CC(C)(C)OC(=O)c1oc2cc(O)ccc2c(=O)c1-c1ccc(O)cc1. The monoisotopic (exact) mass is 354 g/mol. The molecular weight excluding hydrogens is 336 g/mol. The lowest BCUT2D eigenvalue weighted by molar-refractivity contribution is 0.00377. The number of fused-ring (bicyclic) bond motifs is 1. The Morgan fingerprint density at radius 3 is 2.23 bits per heavy atom. The van der Waals surface area contributed by atoms with Gasteiger partial charge in [0.1, 0.15) is 22.7 Å². The minimum Gasteiger partial charge on any atom is -0.508 e. The maximum atomic E-state index is 13.0. The van der Waals surface area contributed by atoms with Crippen LogP contribution in [0.4, 0.5) is 0 Å². The van der Waals surface area contributed by atoms with E-state index < -0.39 is 17.0 Å². The summed E-state index contributed by atoms with van der Waals surface area (Å²) in [5, 5.41) is 19.4. The van der Waals surface area contributed by atoms with Crippen LogP contribution < -0.4 is 5.43 Å². The van der Waals surface area contributed by atoms with Gasteiger partial charge in [-0.2, -0.15) is 0 Å². The zero-order chi connectivity index (χ0) is 19.1. The van der Waals surface area contributed by atoms with Crippen LogP contribution in [0.1, 0.15) is 31.3 Å². The molecule has 0 aliphatic rings. The molecule has 0 unspecified atom stereocenters. The quantitative estimate of drug-likeness (QED) is 0.679. The predicted octanol–water partition coefficient (Wildman–Crippen LogP) is 3.83. The number of phenolic OH excluding ortho intramolecular Hbond substituents is 2. The number of benzene rings is 2. The highest BCUT2D eigenvalue weighted by Gasteiger charge is 2.26. The molecule has 0 bridgehead atoms. The van der Waals surface area contributed by atoms with Crippen molar-refractivity contribution in [2.75, 3.05) is 0 Å². The normalized spacial score (nSPS) is 11.5. The molecule has 0 amide bonds. The largest absolute Gasteiger partial charge is 0.508 e. The van der Waals surface area contributed by atoms with E-state index in [-0.39, 0.29) is 33.8 Å². The summed E-state index contributed by atoms with van der Waals surface area (Å²) in [4.78, 5) is 25.6. The molecule has 0 spiro atoms. The predicted molar refractivity (Wildman–Crippen MR) is 96.4 cm³/mol. The van der Waals surface area contributed by atoms with Gasteiger partial charge in [-0.15, -0.1) is 0 Å². The minimum absolute atomic E-state index is 0.0302. The second kappa shape index (κ2) is 6.22. The number of hydrogen-bond donors (Lipinski definition) is 2. The Morgan fingerprint density at radius 2 is 1.62 bits per heavy atom. The highest BCUT2D eigenvalue weighted by Crippen LogP contribution is 2.29. The summed E-state index contributed by atoms with van der Waals surface area (Å²) in [7, 11) is 0. The van der Waals surface area contributed by atoms with Gasteiger partial charge in [0.05, 0.1) is 10.9 Å². The number of ether oxygens (including phenoxy) is 1. The van der Waals surface area contributed by atoms with Gasteiger partial charge < -0.3 is 19.4 Å². The molecule has 3 rings (SSSR count). The molecule has 0 saturated heterocycles. The highest BCUT2D eigenvalue weighted by molar-refractivity contribution is 5.98. The van der Waals surface area contributed by atoms with Gasteiger partial charge in [0, 0.05) is 6.07 Å². The van der Waals surface area contributed by atoms with Crippen LogP contribution in [0.2, 0.25) is 0 Å². The van der Waals surface area contributed by atoms with E-state index >= 15 is 0 Å². The van der Waals surface area contributed by atoms with Crippen LogP contribution in [0, 0.1) is 0 Å². The first-order valence-corrected chi connectivity index (χ1v) is 7.98. The average Bonchev–Trinajstić information content (AvgIpc) is 2.54. The van der Waals surface area contributed by atoms with Gasteiger partial charge in [-0.3, -0.25) is 4.79 Å². The summed E-state index contributed by atoms with van der Waals surface area (Å²) in [5.41, 5.74) is -0.684. The Labute approximate surface area is 149 Å². The van der Waals surface area contributed by atoms with Crippen molar-refractivity contribution in [2.24, 2.45) is 0 Å². The molecule has 134 valence electrons. The summed E-state index contributed by atoms with van der Waals surface area (Å²) in [6.07, 6.45) is 0. The molecule has 0 radical (unpaired) electrons. The van der Waals surface area contributed by atoms with Crippen molar-refractivity contribution < 1.29 is 24.2 Å². The fourth-order valence-corrected chi connectivity index (χ4v) is 2.54. The van der Waals surface area contributed by atoms with Crippen molar-refractivity contribution in [3.8, 4) is 22.6 Å². The number of carbonyl (C=O) groups is 1. The van der Waals surface area contributed by atoms with E-state index in [1.54, 1.807) is 20.8 Å². The number of carbonyl (C=O) groups excluding carboxylic acids is 1. The molecule has 1 heterocycles. The van der Waals surface area contributed by atoms with Crippen LogP contribution in [0.5, 0.6) is 11.5 Å². The number of hydrogen-bond acceptors (Lipinski definition) is 6. The summed E-state index contributed by atoms with van der Waals surface area (Å²) >= 11 is 0. The van der Waals surface area contributed by atoms with Crippen molar-refractivity contribution in [1.82, 2.24) is 0 Å². The van der Waals surface area contributed by atoms with E-state index in [9.17, 15) is 19.8 Å². The van der Waals surface area contributed by atoms with E-state index in [2.05, 4.69) is 0 Å². The lowest BCUT2D eigenvalue weighted by Gasteiger charge is -2.20. The first kappa shape index (κ1) is 17.5. The number of aromatic hydroxyl groups is 2. The van der Waals surface area contributed by atoms with Crippen LogP contribution in [0.25, 0.3) is 22.1 Å². The van der Waals surface area contributed by atoms with Gasteiger partial charge >= 0.3 is 5.97 Å². The minimum atomic E-state index is -0.789. The molecule has 0 saturated carbocycles. The van der Waals surface area contributed by atoms with Gasteiger partial charge in [0.25, 0.3) is 0 Å². The maximum Gasteiger partial charge on any atom is 0.375 e. The fourth-order valence-electron chi connectivity index (χ4n) is 2.54. The van der Waals surface area contributed by atoms with Crippen molar-refractivity contribution >= 4 is 16.9 Å². The zero-order valence-corrected chi connectivity index (χ0v) is 14.6. The first-order valence-electron chi connectivity index (χ1n) is 7.98. The van der Waals surface area contributed by atoms with Crippen LogP contribution in [0.15, 0.2) is 51.7 Å². The smallest absolute Gasteiger partial charge is 0.375 e. The molecule has 0 aliphatic heterocycles. The molecule has 0 fully saturated rings. The molecule has 3 aromatic rings. The molecule has 2 aromatic carbocycles. The molecule has 2 N–H and O–H groups in total. The second-order valence-electron chi connectivity index (χ2n) is 6.86. The number of esters is 1. The lowest BCUT2D eigenvalue weighted by atomic mass is 10.0. The Bertz CT molecular complexity index is 1040. The van der Waals surface area contributed by atoms with Crippen molar-refractivity contribution in [2.45, 2.75) is 26.4 Å². The van der Waals surface area contributed by atoms with Crippen LogP contribution in [0.3, 0.4) is 0 Å². The van der Waals surface area contributed by atoms with Gasteiger partial charge in [-0.1, -0.05) is 12.1 Å². The standard InChI is InChI=1S/C20H18O6/c1-20(2,3)26-19(24)18-16(11-4-6-12(21)7-5-11)17(23)14-9-8-13(22)10-15(14)25-18/h4-10,21-22H,1-3H3. The molecule has 6 heteroatoms. The van der Waals surface area contributed by atoms with E-state index in [4.69, 9.17) is 9.15 Å². The topological polar surface area (TPSA) is 97.0 Å². The molecule has 1 aromatic heterocycles. The third-order valence-electron chi connectivity index (χ3n) is 3.62. The maximum absolute atomic E-state index is 13.0. The van der Waals surface area contributed by atoms with E-state index in [1.807, 2.05) is 0 Å². The Morgan fingerprint density at radius 1 is 1.00 bits per heavy atom. The van der Waals surface area contributed by atoms with Crippen LogP contribution >= 0.6 is 0 Å². The Hall–Kier alpha value is -3.28. The third kappa shape index (κ3) is 3.39. The zero-order valence-electron chi connectivity index (χ0n) is 14.6. The Balaban J connectivity index is 2.32. The van der Waals surface area contributed by atoms with Gasteiger partial charge in [-0.25, -0.2) is 4.79 Å². The second-order valence-corrected chi connectivity index (χ2v) is 6.86. The number of rotatable bonds is 2. The van der Waals surface area contributed by atoms with Crippen LogP contribution in [-0.2, 0) is 4.74 Å². The summed E-state index contributed by atoms with van der Waals surface area (Å²) in [5.74, 6) is -1.10. The summed E-state index contributed by atoms with van der Waals surface area (Å²) in [6, 6.07) is 9.92. The fraction of sp³-hybridized carbons (Fsp3) is 0.200. The van der Waals surface area contributed by atoms with Crippen molar-refractivity contribution in [1.29, 1.82) is 0 Å². The van der Waals surface area contributed by atoms with Gasteiger partial charge in [0.2, 0.25) is 11.2 Å². The summed E-state index contributed by atoms with van der Waals surface area (Å²) < 4.78 is 11.0. The molecule has 0 atom stereocenters. The van der Waals surface area contributed by atoms with Crippen molar-refractivity contribution in [3.63, 3.8) is 0 Å². The molecular formula is C20H18O6. The van der Waals surface area contributed by atoms with Crippen LogP contribution in [-0.4, -0.2) is 21.8 Å². The molecule has 26 heavy (non-hydrogen) atoms. The van der Waals surface area contributed by atoms with Gasteiger partial charge in [0.15, 0.2) is 0 Å². The van der Waals surface area contributed by atoms with E-state index in [0.29, 0.717) is 5.56 Å².